The van der Waals surface area contributed by atoms with E-state index in [1.165, 1.54) is 6.42 Å². The van der Waals surface area contributed by atoms with Crippen molar-refractivity contribution in [3.05, 3.63) is 22.8 Å². The van der Waals surface area contributed by atoms with Crippen molar-refractivity contribution in [2.24, 2.45) is 0 Å². The predicted octanol–water partition coefficient (Wildman–Crippen LogP) is 3.69. The second kappa shape index (κ2) is 6.44. The summed E-state index contributed by atoms with van der Waals surface area (Å²) in [6.07, 6.45) is 5.27. The van der Waals surface area contributed by atoms with Crippen molar-refractivity contribution in [1.82, 2.24) is 4.98 Å². The SMILES string of the molecule is C[C@@H]1COCCN1c1cc(C2(C#N)CCCCC2)cc(Cl)n1. The summed E-state index contributed by atoms with van der Waals surface area (Å²) >= 11 is 6.28. The van der Waals surface area contributed by atoms with Crippen LogP contribution in [0.5, 0.6) is 0 Å². The third-order valence-corrected chi connectivity index (χ3v) is 5.11. The van der Waals surface area contributed by atoms with Gasteiger partial charge in [0.15, 0.2) is 0 Å². The molecule has 4 nitrogen and oxygen atoms in total. The van der Waals surface area contributed by atoms with E-state index in [1.807, 2.05) is 6.07 Å². The molecule has 1 aliphatic heterocycles. The molecule has 2 aliphatic rings. The maximum absolute atomic E-state index is 9.79. The van der Waals surface area contributed by atoms with Crippen molar-refractivity contribution in [1.29, 1.82) is 5.26 Å². The van der Waals surface area contributed by atoms with E-state index in [-0.39, 0.29) is 6.04 Å². The highest BCUT2D eigenvalue weighted by atomic mass is 35.5. The molecule has 3 rings (SSSR count). The van der Waals surface area contributed by atoms with Gasteiger partial charge >= 0.3 is 0 Å². The number of anilines is 1. The smallest absolute Gasteiger partial charge is 0.131 e. The summed E-state index contributed by atoms with van der Waals surface area (Å²) in [5, 5.41) is 10.3. The molecule has 0 amide bonds. The normalized spacial score (nSPS) is 24.8. The molecule has 0 radical (unpaired) electrons. The van der Waals surface area contributed by atoms with E-state index in [0.717, 1.165) is 43.6 Å². The zero-order valence-electron chi connectivity index (χ0n) is 13.0. The van der Waals surface area contributed by atoms with Crippen molar-refractivity contribution < 1.29 is 4.74 Å². The highest BCUT2D eigenvalue weighted by molar-refractivity contribution is 6.29. The summed E-state index contributed by atoms with van der Waals surface area (Å²) in [7, 11) is 0. The van der Waals surface area contributed by atoms with Crippen LogP contribution in [0.15, 0.2) is 12.1 Å². The van der Waals surface area contributed by atoms with E-state index in [0.29, 0.717) is 18.4 Å². The largest absolute Gasteiger partial charge is 0.377 e. The fourth-order valence-corrected chi connectivity index (χ4v) is 3.80. The summed E-state index contributed by atoms with van der Waals surface area (Å²) in [4.78, 5) is 6.72. The van der Waals surface area contributed by atoms with Crippen LogP contribution in [0.3, 0.4) is 0 Å². The Morgan fingerprint density at radius 2 is 2.14 bits per heavy atom. The Hall–Kier alpha value is -1.31. The molecule has 1 saturated carbocycles. The molecule has 0 bridgehead atoms. The Bertz CT molecular complexity index is 578. The molecule has 1 aromatic rings. The number of aromatic nitrogens is 1. The molecule has 1 aromatic heterocycles. The van der Waals surface area contributed by atoms with E-state index < -0.39 is 5.41 Å². The standard InChI is InChI=1S/C17H22ClN3O/c1-13-11-22-8-7-21(13)16-10-14(9-15(18)20-16)17(12-19)5-3-2-4-6-17/h9-10,13H,2-8,11H2,1H3/t13-/m1/s1. The summed E-state index contributed by atoms with van der Waals surface area (Å²) < 4.78 is 5.50. The lowest BCUT2D eigenvalue weighted by Gasteiger charge is -2.36. The van der Waals surface area contributed by atoms with Gasteiger partial charge in [-0.2, -0.15) is 5.26 Å². The van der Waals surface area contributed by atoms with Crippen LogP contribution in [0.2, 0.25) is 5.15 Å². The number of pyridine rings is 1. The average Bonchev–Trinajstić information content (AvgIpc) is 2.55. The number of nitrogens with zero attached hydrogens (tertiary/aromatic N) is 3. The van der Waals surface area contributed by atoms with Crippen LogP contribution >= 0.6 is 11.6 Å². The van der Waals surface area contributed by atoms with Crippen LogP contribution < -0.4 is 4.90 Å². The predicted molar refractivity (Wildman–Crippen MR) is 87.3 cm³/mol. The number of nitriles is 1. The van der Waals surface area contributed by atoms with Crippen molar-refractivity contribution >= 4 is 17.4 Å². The van der Waals surface area contributed by atoms with E-state index >= 15 is 0 Å². The highest BCUT2D eigenvalue weighted by Gasteiger charge is 2.35. The lowest BCUT2D eigenvalue weighted by atomic mass is 9.71. The van der Waals surface area contributed by atoms with Gasteiger partial charge in [0.05, 0.1) is 30.7 Å². The Kier molecular flexibility index (Phi) is 4.56. The van der Waals surface area contributed by atoms with Crippen LogP contribution in [0, 0.1) is 11.3 Å². The minimum absolute atomic E-state index is 0.275. The molecule has 0 unspecified atom stereocenters. The first kappa shape index (κ1) is 15.6. The van der Waals surface area contributed by atoms with E-state index in [2.05, 4.69) is 28.9 Å². The van der Waals surface area contributed by atoms with E-state index in [4.69, 9.17) is 16.3 Å². The molecule has 0 aromatic carbocycles. The Balaban J connectivity index is 1.97. The zero-order chi connectivity index (χ0) is 15.6. The second-order valence-electron chi connectivity index (χ2n) is 6.41. The first-order valence-corrected chi connectivity index (χ1v) is 8.46. The maximum Gasteiger partial charge on any atom is 0.131 e. The third-order valence-electron chi connectivity index (χ3n) is 4.92. The summed E-state index contributed by atoms with van der Waals surface area (Å²) in [6, 6.07) is 6.80. The van der Waals surface area contributed by atoms with Gasteiger partial charge in [-0.25, -0.2) is 4.98 Å². The average molecular weight is 320 g/mol. The van der Waals surface area contributed by atoms with Gasteiger partial charge in [-0.1, -0.05) is 30.9 Å². The minimum atomic E-state index is -0.394. The topological polar surface area (TPSA) is 49.1 Å². The molecular weight excluding hydrogens is 298 g/mol. The molecule has 2 fully saturated rings. The highest BCUT2D eigenvalue weighted by Crippen LogP contribution is 2.40. The zero-order valence-corrected chi connectivity index (χ0v) is 13.8. The molecule has 118 valence electrons. The Labute approximate surface area is 137 Å². The van der Waals surface area contributed by atoms with Crippen LogP contribution in [0.25, 0.3) is 0 Å². The minimum Gasteiger partial charge on any atom is -0.377 e. The van der Waals surface area contributed by atoms with Gasteiger partial charge in [0.2, 0.25) is 0 Å². The molecule has 0 spiro atoms. The number of hydrogen-bond acceptors (Lipinski definition) is 4. The van der Waals surface area contributed by atoms with Gasteiger partial charge in [0.1, 0.15) is 11.0 Å². The molecule has 5 heteroatoms. The summed E-state index contributed by atoms with van der Waals surface area (Å²) in [5.41, 5.74) is 0.637. The molecular formula is C17H22ClN3O. The van der Waals surface area contributed by atoms with Gasteiger partial charge < -0.3 is 9.64 Å². The van der Waals surface area contributed by atoms with Crippen molar-refractivity contribution in [2.45, 2.75) is 50.5 Å². The first-order chi connectivity index (χ1) is 10.6. The lowest BCUT2D eigenvalue weighted by molar-refractivity contribution is 0.0985. The van der Waals surface area contributed by atoms with E-state index in [1.54, 1.807) is 0 Å². The van der Waals surface area contributed by atoms with Crippen LogP contribution in [0.4, 0.5) is 5.82 Å². The number of ether oxygens (including phenoxy) is 1. The van der Waals surface area contributed by atoms with Crippen LogP contribution in [-0.2, 0) is 10.2 Å². The fraction of sp³-hybridized carbons (Fsp3) is 0.647. The molecule has 1 aliphatic carbocycles. The molecule has 2 heterocycles. The Morgan fingerprint density at radius 3 is 2.82 bits per heavy atom. The van der Waals surface area contributed by atoms with Gasteiger partial charge in [-0.3, -0.25) is 0 Å². The number of morpholine rings is 1. The molecule has 1 atom stereocenters. The van der Waals surface area contributed by atoms with Crippen molar-refractivity contribution in [3.63, 3.8) is 0 Å². The van der Waals surface area contributed by atoms with Crippen LogP contribution in [0.1, 0.15) is 44.6 Å². The summed E-state index contributed by atoms with van der Waals surface area (Å²) in [5.74, 6) is 0.874. The van der Waals surface area contributed by atoms with E-state index in [9.17, 15) is 5.26 Å². The van der Waals surface area contributed by atoms with Crippen molar-refractivity contribution in [2.75, 3.05) is 24.7 Å². The van der Waals surface area contributed by atoms with Crippen LogP contribution in [-0.4, -0.2) is 30.8 Å². The molecule has 0 N–H and O–H groups in total. The maximum atomic E-state index is 9.79. The Morgan fingerprint density at radius 1 is 1.36 bits per heavy atom. The number of hydrogen-bond donors (Lipinski definition) is 0. The van der Waals surface area contributed by atoms with Gasteiger partial charge in [0.25, 0.3) is 0 Å². The number of halogens is 1. The third kappa shape index (κ3) is 2.93. The quantitative estimate of drug-likeness (QED) is 0.780. The van der Waals surface area contributed by atoms with Gasteiger partial charge in [0, 0.05) is 6.54 Å². The monoisotopic (exact) mass is 319 g/mol. The molecule has 22 heavy (non-hydrogen) atoms. The molecule has 1 saturated heterocycles. The second-order valence-corrected chi connectivity index (χ2v) is 6.80. The first-order valence-electron chi connectivity index (χ1n) is 8.08. The fourth-order valence-electron chi connectivity index (χ4n) is 3.59. The summed E-state index contributed by atoms with van der Waals surface area (Å²) in [6.45, 7) is 4.35. The van der Waals surface area contributed by atoms with Crippen molar-refractivity contribution in [3.8, 4) is 6.07 Å². The lowest BCUT2D eigenvalue weighted by Crippen LogP contribution is -2.44. The van der Waals surface area contributed by atoms with Gasteiger partial charge in [-0.15, -0.1) is 0 Å². The van der Waals surface area contributed by atoms with Gasteiger partial charge in [-0.05, 0) is 37.5 Å². The number of rotatable bonds is 2.